The third-order valence-corrected chi connectivity index (χ3v) is 5.14. The molecule has 0 heterocycles. The Morgan fingerprint density at radius 3 is 1.32 bits per heavy atom. The summed E-state index contributed by atoms with van der Waals surface area (Å²) in [6.45, 7) is 0. The lowest BCUT2D eigenvalue weighted by atomic mass is 10.0. The summed E-state index contributed by atoms with van der Waals surface area (Å²) in [5.74, 6) is -4.35. The number of primary amides is 1. The summed E-state index contributed by atoms with van der Waals surface area (Å²) in [7, 11) is 0. The number of esters is 3. The van der Waals surface area contributed by atoms with Gasteiger partial charge < -0.3 is 25.1 Å². The molecule has 10 heteroatoms. The molecule has 37 heavy (non-hydrogen) atoms. The number of aliphatic hydroxyl groups excluding tert-OH is 1. The van der Waals surface area contributed by atoms with Gasteiger partial charge in [-0.1, -0.05) is 54.6 Å². The molecule has 3 rings (SSSR count). The molecular weight excluding hydrogens is 482 g/mol. The number of aldehydes is 1. The van der Waals surface area contributed by atoms with Crippen LogP contribution in [0.5, 0.6) is 0 Å². The molecule has 0 radical (unpaired) electrons. The zero-order valence-corrected chi connectivity index (χ0v) is 19.3. The lowest BCUT2D eigenvalue weighted by Gasteiger charge is -2.31. The Morgan fingerprint density at radius 2 is 0.973 bits per heavy atom. The van der Waals surface area contributed by atoms with Gasteiger partial charge in [-0.3, -0.25) is 9.59 Å². The molecule has 0 spiro atoms. The highest BCUT2D eigenvalue weighted by Crippen LogP contribution is 2.20. The van der Waals surface area contributed by atoms with Gasteiger partial charge in [-0.2, -0.15) is 0 Å². The van der Waals surface area contributed by atoms with Crippen LogP contribution in [-0.4, -0.2) is 59.6 Å². The normalized spacial score (nSPS) is 13.8. The molecule has 0 saturated heterocycles. The van der Waals surface area contributed by atoms with E-state index in [-0.39, 0.29) is 23.0 Å². The van der Waals surface area contributed by atoms with E-state index in [0.29, 0.717) is 0 Å². The van der Waals surface area contributed by atoms with Gasteiger partial charge in [0.15, 0.2) is 30.7 Å². The Bertz CT molecular complexity index is 1230. The maximum absolute atomic E-state index is 12.9. The van der Waals surface area contributed by atoms with Crippen molar-refractivity contribution in [3.63, 3.8) is 0 Å². The van der Waals surface area contributed by atoms with Crippen LogP contribution in [-0.2, 0) is 23.8 Å². The number of amides is 1. The first kappa shape index (κ1) is 26.8. The van der Waals surface area contributed by atoms with Crippen LogP contribution in [0.2, 0.25) is 0 Å². The van der Waals surface area contributed by atoms with Crippen LogP contribution in [0.4, 0.5) is 0 Å². The number of benzene rings is 3. The van der Waals surface area contributed by atoms with Crippen LogP contribution in [0.25, 0.3) is 0 Å². The molecule has 0 aliphatic rings. The zero-order valence-electron chi connectivity index (χ0n) is 19.3. The number of aliphatic hydroxyl groups is 1. The third-order valence-electron chi connectivity index (χ3n) is 5.14. The molecular formula is C27H23NO9. The van der Waals surface area contributed by atoms with Crippen LogP contribution in [0.3, 0.4) is 0 Å². The summed E-state index contributed by atoms with van der Waals surface area (Å²) in [5.41, 5.74) is 5.38. The van der Waals surface area contributed by atoms with E-state index in [2.05, 4.69) is 0 Å². The minimum absolute atomic E-state index is 0.0289. The minimum atomic E-state index is -2.24. The van der Waals surface area contributed by atoms with Crippen LogP contribution in [0, 0.1) is 0 Å². The highest BCUT2D eigenvalue weighted by Gasteiger charge is 2.44. The molecule has 190 valence electrons. The second-order valence-electron chi connectivity index (χ2n) is 7.69. The third kappa shape index (κ3) is 7.09. The number of rotatable bonds is 11. The van der Waals surface area contributed by atoms with E-state index < -0.39 is 48.2 Å². The van der Waals surface area contributed by atoms with Gasteiger partial charge in [0.05, 0.1) is 16.7 Å². The van der Waals surface area contributed by atoms with Crippen LogP contribution in [0.15, 0.2) is 91.0 Å². The molecule has 3 N–H and O–H groups in total. The second-order valence-corrected chi connectivity index (χ2v) is 7.69. The lowest BCUT2D eigenvalue weighted by Crippen LogP contribution is -2.54. The van der Waals surface area contributed by atoms with Crippen molar-refractivity contribution in [2.75, 3.05) is 0 Å². The Kier molecular flexibility index (Phi) is 9.23. The largest absolute Gasteiger partial charge is 0.451 e. The predicted octanol–water partition coefficient (Wildman–Crippen LogP) is 1.71. The van der Waals surface area contributed by atoms with Gasteiger partial charge in [0, 0.05) is 0 Å². The molecule has 1 amide bonds. The van der Waals surface area contributed by atoms with Gasteiger partial charge >= 0.3 is 17.9 Å². The summed E-state index contributed by atoms with van der Waals surface area (Å²) in [6, 6.07) is 22.7. The molecule has 3 aromatic rings. The first-order valence-corrected chi connectivity index (χ1v) is 11.0. The van der Waals surface area contributed by atoms with E-state index in [0.717, 1.165) is 0 Å². The van der Waals surface area contributed by atoms with Crippen molar-refractivity contribution in [1.29, 1.82) is 0 Å². The number of carbonyl (C=O) groups is 5. The SMILES string of the molecule is NC(=O)[C@@H](O)[C@H](OC(=O)c1ccccc1)[C@H](OC(=O)c1ccccc1)[C@H](C=O)OC(=O)c1ccccc1. The molecule has 0 aliphatic heterocycles. The summed E-state index contributed by atoms with van der Waals surface area (Å²) < 4.78 is 16.0. The molecule has 0 aromatic heterocycles. The van der Waals surface area contributed by atoms with Crippen LogP contribution >= 0.6 is 0 Å². The van der Waals surface area contributed by atoms with E-state index >= 15 is 0 Å². The van der Waals surface area contributed by atoms with Crippen LogP contribution in [0.1, 0.15) is 31.1 Å². The van der Waals surface area contributed by atoms with E-state index in [1.165, 1.54) is 36.4 Å². The minimum Gasteiger partial charge on any atom is -0.451 e. The molecule has 4 atom stereocenters. The Morgan fingerprint density at radius 1 is 0.622 bits per heavy atom. The molecule has 3 aromatic carbocycles. The van der Waals surface area contributed by atoms with Gasteiger partial charge in [-0.05, 0) is 36.4 Å². The highest BCUT2D eigenvalue weighted by atomic mass is 16.6. The Labute approximate surface area is 211 Å². The molecule has 0 bridgehead atoms. The molecule has 0 unspecified atom stereocenters. The first-order valence-electron chi connectivity index (χ1n) is 11.0. The summed E-state index contributed by atoms with van der Waals surface area (Å²) in [6.07, 6.45) is -7.98. The fraction of sp³-hybridized carbons (Fsp3) is 0.148. The average Bonchev–Trinajstić information content (AvgIpc) is 2.94. The standard InChI is InChI=1S/C27H23NO9/c28-24(31)21(30)23(37-27(34)19-14-8-3-9-15-19)22(36-26(33)18-12-6-2-7-13-18)20(16-29)35-25(32)17-10-4-1-5-11-17/h1-16,20-23,30H,(H2,28,31)/t20-,21-,22+,23-/m0/s1. The smallest absolute Gasteiger partial charge is 0.338 e. The summed E-state index contributed by atoms with van der Waals surface area (Å²) >= 11 is 0. The van der Waals surface area contributed by atoms with E-state index in [9.17, 15) is 29.1 Å². The van der Waals surface area contributed by atoms with Crippen molar-refractivity contribution < 1.29 is 43.3 Å². The lowest BCUT2D eigenvalue weighted by molar-refractivity contribution is -0.150. The maximum atomic E-state index is 12.9. The maximum Gasteiger partial charge on any atom is 0.338 e. The first-order chi connectivity index (χ1) is 17.8. The fourth-order valence-electron chi connectivity index (χ4n) is 3.26. The second kappa shape index (κ2) is 12.8. The van der Waals surface area contributed by atoms with Gasteiger partial charge in [0.1, 0.15) is 0 Å². The predicted molar refractivity (Wildman–Crippen MR) is 128 cm³/mol. The van der Waals surface area contributed by atoms with Crippen molar-refractivity contribution >= 4 is 30.1 Å². The van der Waals surface area contributed by atoms with Gasteiger partial charge in [-0.15, -0.1) is 0 Å². The van der Waals surface area contributed by atoms with Crippen LogP contribution < -0.4 is 5.73 Å². The fourth-order valence-corrected chi connectivity index (χ4v) is 3.26. The zero-order chi connectivity index (χ0) is 26.8. The number of hydrogen-bond acceptors (Lipinski definition) is 9. The van der Waals surface area contributed by atoms with Crippen molar-refractivity contribution in [3.8, 4) is 0 Å². The van der Waals surface area contributed by atoms with E-state index in [4.69, 9.17) is 19.9 Å². The quantitative estimate of drug-likeness (QED) is 0.225. The Hall–Kier alpha value is -4.83. The van der Waals surface area contributed by atoms with Gasteiger partial charge in [-0.25, -0.2) is 14.4 Å². The van der Waals surface area contributed by atoms with Gasteiger partial charge in [0.25, 0.3) is 0 Å². The Balaban J connectivity index is 1.99. The molecule has 10 nitrogen and oxygen atoms in total. The van der Waals surface area contributed by atoms with Crippen molar-refractivity contribution in [3.05, 3.63) is 108 Å². The number of ether oxygens (including phenoxy) is 3. The summed E-state index contributed by atoms with van der Waals surface area (Å²) in [4.78, 5) is 62.3. The topological polar surface area (TPSA) is 159 Å². The number of carbonyl (C=O) groups excluding carboxylic acids is 5. The summed E-state index contributed by atoms with van der Waals surface area (Å²) in [5, 5.41) is 10.5. The van der Waals surface area contributed by atoms with E-state index in [1.807, 2.05) is 0 Å². The molecule has 0 fully saturated rings. The average molecular weight is 505 g/mol. The van der Waals surface area contributed by atoms with Crippen molar-refractivity contribution in [1.82, 2.24) is 0 Å². The number of hydrogen-bond donors (Lipinski definition) is 2. The molecule has 0 aliphatic carbocycles. The highest BCUT2D eigenvalue weighted by molar-refractivity contribution is 5.92. The monoisotopic (exact) mass is 505 g/mol. The number of nitrogens with two attached hydrogens (primary N) is 1. The molecule has 0 saturated carbocycles. The van der Waals surface area contributed by atoms with E-state index in [1.54, 1.807) is 54.6 Å². The van der Waals surface area contributed by atoms with Crippen molar-refractivity contribution in [2.45, 2.75) is 24.4 Å². The van der Waals surface area contributed by atoms with Crippen molar-refractivity contribution in [2.24, 2.45) is 5.73 Å². The van der Waals surface area contributed by atoms with Gasteiger partial charge in [0.2, 0.25) is 5.91 Å².